The molecule has 2 rings (SSSR count). The predicted molar refractivity (Wildman–Crippen MR) is 86.5 cm³/mol. The molecule has 1 aliphatic rings. The Morgan fingerprint density at radius 3 is 2.91 bits per heavy atom. The van der Waals surface area contributed by atoms with E-state index in [4.69, 9.17) is 0 Å². The molecule has 1 N–H and O–H groups in total. The van der Waals surface area contributed by atoms with Gasteiger partial charge in [-0.2, -0.15) is 0 Å². The molecule has 1 aromatic heterocycles. The van der Waals surface area contributed by atoms with Gasteiger partial charge in [-0.15, -0.1) is 0 Å². The number of likely N-dealkylation sites (tertiary alicyclic amines) is 1. The summed E-state index contributed by atoms with van der Waals surface area (Å²) in [6.07, 6.45) is 2.97. The summed E-state index contributed by atoms with van der Waals surface area (Å²) in [5.41, 5.74) is 0.858. The van der Waals surface area contributed by atoms with E-state index < -0.39 is 9.84 Å². The molecule has 0 radical (unpaired) electrons. The number of hydrogen-bond donors (Lipinski definition) is 1. The fraction of sp³-hybridized carbons (Fsp3) is 0.600. The summed E-state index contributed by atoms with van der Waals surface area (Å²) in [5.74, 6) is 0.553. The van der Waals surface area contributed by atoms with Crippen LogP contribution in [0.4, 0.5) is 5.82 Å². The van der Waals surface area contributed by atoms with E-state index >= 15 is 0 Å². The average molecular weight is 325 g/mol. The summed E-state index contributed by atoms with van der Waals surface area (Å²) in [5, 5.41) is 2.85. The van der Waals surface area contributed by atoms with Gasteiger partial charge >= 0.3 is 0 Å². The van der Waals surface area contributed by atoms with Crippen LogP contribution in [0.25, 0.3) is 0 Å². The van der Waals surface area contributed by atoms with Crippen LogP contribution in [-0.4, -0.2) is 55.9 Å². The highest BCUT2D eigenvalue weighted by Crippen LogP contribution is 2.18. The first-order chi connectivity index (χ1) is 10.3. The molecule has 0 spiro atoms. The molecule has 2 heterocycles. The Morgan fingerprint density at radius 1 is 1.45 bits per heavy atom. The number of pyridine rings is 1. The Hall–Kier alpha value is -1.47. The molecule has 0 saturated carbocycles. The summed E-state index contributed by atoms with van der Waals surface area (Å²) in [4.78, 5) is 18.7. The van der Waals surface area contributed by atoms with Crippen LogP contribution in [0.1, 0.15) is 18.5 Å². The summed E-state index contributed by atoms with van der Waals surface area (Å²) < 4.78 is 22.5. The third-order valence-electron chi connectivity index (χ3n) is 3.79. The lowest BCUT2D eigenvalue weighted by atomic mass is 9.97. The SMILES string of the molecule is Cc1cccc(NC(=O)C2CCCN(CCS(C)(=O)=O)C2)n1. The Balaban J connectivity index is 1.90. The third kappa shape index (κ3) is 5.38. The van der Waals surface area contributed by atoms with Crippen molar-refractivity contribution in [2.75, 3.05) is 37.0 Å². The molecule has 22 heavy (non-hydrogen) atoms. The van der Waals surface area contributed by atoms with Gasteiger partial charge in [-0.05, 0) is 38.4 Å². The van der Waals surface area contributed by atoms with Crippen molar-refractivity contribution in [3.63, 3.8) is 0 Å². The van der Waals surface area contributed by atoms with Gasteiger partial charge in [0, 0.05) is 25.0 Å². The van der Waals surface area contributed by atoms with Crippen LogP contribution >= 0.6 is 0 Å². The van der Waals surface area contributed by atoms with E-state index in [2.05, 4.69) is 15.2 Å². The van der Waals surface area contributed by atoms with Gasteiger partial charge in [-0.25, -0.2) is 13.4 Å². The molecule has 1 amide bonds. The highest BCUT2D eigenvalue weighted by atomic mass is 32.2. The molecular formula is C15H23N3O3S. The van der Waals surface area contributed by atoms with Gasteiger partial charge < -0.3 is 10.2 Å². The van der Waals surface area contributed by atoms with Crippen molar-refractivity contribution >= 4 is 21.6 Å². The van der Waals surface area contributed by atoms with Crippen molar-refractivity contribution in [1.29, 1.82) is 0 Å². The quantitative estimate of drug-likeness (QED) is 0.876. The molecule has 1 saturated heterocycles. The molecule has 1 aliphatic heterocycles. The second kappa shape index (κ2) is 7.19. The molecule has 1 unspecified atom stereocenters. The van der Waals surface area contributed by atoms with Gasteiger partial charge in [0.25, 0.3) is 0 Å². The monoisotopic (exact) mass is 325 g/mol. The van der Waals surface area contributed by atoms with E-state index in [-0.39, 0.29) is 17.6 Å². The van der Waals surface area contributed by atoms with Crippen molar-refractivity contribution in [3.8, 4) is 0 Å². The highest BCUT2D eigenvalue weighted by molar-refractivity contribution is 7.90. The number of amides is 1. The van der Waals surface area contributed by atoms with Crippen LogP contribution in [0.5, 0.6) is 0 Å². The van der Waals surface area contributed by atoms with Crippen molar-refractivity contribution in [2.24, 2.45) is 5.92 Å². The molecule has 122 valence electrons. The zero-order valence-corrected chi connectivity index (χ0v) is 13.9. The van der Waals surface area contributed by atoms with E-state index in [0.29, 0.717) is 18.9 Å². The second-order valence-electron chi connectivity index (χ2n) is 5.92. The lowest BCUT2D eigenvalue weighted by molar-refractivity contribution is -0.121. The first-order valence-corrected chi connectivity index (χ1v) is 9.54. The minimum atomic E-state index is -2.97. The largest absolute Gasteiger partial charge is 0.310 e. The topological polar surface area (TPSA) is 79.4 Å². The lowest BCUT2D eigenvalue weighted by Crippen LogP contribution is -2.42. The van der Waals surface area contributed by atoms with Gasteiger partial charge in [0.1, 0.15) is 15.7 Å². The number of aromatic nitrogens is 1. The molecular weight excluding hydrogens is 302 g/mol. The van der Waals surface area contributed by atoms with Crippen LogP contribution in [-0.2, 0) is 14.6 Å². The number of sulfone groups is 1. The molecule has 0 aromatic carbocycles. The third-order valence-corrected chi connectivity index (χ3v) is 4.72. The summed E-state index contributed by atoms with van der Waals surface area (Å²) in [7, 11) is -2.97. The minimum absolute atomic E-state index is 0.0397. The van der Waals surface area contributed by atoms with Gasteiger partial charge in [0.2, 0.25) is 5.91 Å². The summed E-state index contributed by atoms with van der Waals surface area (Å²) in [6.45, 7) is 3.82. The fourth-order valence-electron chi connectivity index (χ4n) is 2.61. The van der Waals surface area contributed by atoms with Gasteiger partial charge in [0.15, 0.2) is 0 Å². The van der Waals surface area contributed by atoms with Crippen LogP contribution in [0, 0.1) is 12.8 Å². The molecule has 7 heteroatoms. The smallest absolute Gasteiger partial charge is 0.229 e. The van der Waals surface area contributed by atoms with Crippen LogP contribution in [0.2, 0.25) is 0 Å². The standard InChI is InChI=1S/C15H23N3O3S/c1-12-5-3-7-14(16-12)17-15(19)13-6-4-8-18(11-13)9-10-22(2,20)21/h3,5,7,13H,4,6,8-11H2,1-2H3,(H,16,17,19). The highest BCUT2D eigenvalue weighted by Gasteiger charge is 2.26. The number of carbonyl (C=O) groups is 1. The van der Waals surface area contributed by atoms with Crippen molar-refractivity contribution in [1.82, 2.24) is 9.88 Å². The van der Waals surface area contributed by atoms with Crippen LogP contribution in [0.15, 0.2) is 18.2 Å². The number of anilines is 1. The number of aryl methyl sites for hydroxylation is 1. The maximum Gasteiger partial charge on any atom is 0.229 e. The predicted octanol–water partition coefficient (Wildman–Crippen LogP) is 1.09. The molecule has 1 aromatic rings. The maximum absolute atomic E-state index is 12.3. The van der Waals surface area contributed by atoms with E-state index in [1.165, 1.54) is 6.26 Å². The Labute approximate surface area is 131 Å². The lowest BCUT2D eigenvalue weighted by Gasteiger charge is -2.31. The van der Waals surface area contributed by atoms with Gasteiger partial charge in [0.05, 0.1) is 11.7 Å². The fourth-order valence-corrected chi connectivity index (χ4v) is 3.20. The van der Waals surface area contributed by atoms with Crippen molar-refractivity contribution in [2.45, 2.75) is 19.8 Å². The Morgan fingerprint density at radius 2 is 2.23 bits per heavy atom. The number of piperidine rings is 1. The summed E-state index contributed by atoms with van der Waals surface area (Å²) in [6, 6.07) is 5.51. The van der Waals surface area contributed by atoms with Gasteiger partial charge in [-0.1, -0.05) is 6.07 Å². The molecule has 1 fully saturated rings. The van der Waals surface area contributed by atoms with Gasteiger partial charge in [-0.3, -0.25) is 4.79 Å². The van der Waals surface area contributed by atoms with Crippen molar-refractivity contribution in [3.05, 3.63) is 23.9 Å². The van der Waals surface area contributed by atoms with E-state index in [9.17, 15) is 13.2 Å². The molecule has 6 nitrogen and oxygen atoms in total. The minimum Gasteiger partial charge on any atom is -0.310 e. The first-order valence-electron chi connectivity index (χ1n) is 7.48. The first kappa shape index (κ1) is 16.9. The maximum atomic E-state index is 12.3. The molecule has 0 aliphatic carbocycles. The van der Waals surface area contributed by atoms with E-state index in [1.807, 2.05) is 19.1 Å². The Kier molecular flexibility index (Phi) is 5.52. The van der Waals surface area contributed by atoms with Crippen LogP contribution < -0.4 is 5.32 Å². The second-order valence-corrected chi connectivity index (χ2v) is 8.18. The van der Waals surface area contributed by atoms with Crippen molar-refractivity contribution < 1.29 is 13.2 Å². The molecule has 0 bridgehead atoms. The molecule has 1 atom stereocenters. The number of nitrogens with one attached hydrogen (secondary N) is 1. The van der Waals surface area contributed by atoms with E-state index in [0.717, 1.165) is 25.1 Å². The van der Waals surface area contributed by atoms with Crippen LogP contribution in [0.3, 0.4) is 0 Å². The average Bonchev–Trinajstić information content (AvgIpc) is 2.45. The number of carbonyl (C=O) groups excluding carboxylic acids is 1. The van der Waals surface area contributed by atoms with E-state index in [1.54, 1.807) is 6.07 Å². The summed E-state index contributed by atoms with van der Waals surface area (Å²) >= 11 is 0. The number of hydrogen-bond acceptors (Lipinski definition) is 5. The Bertz CT molecular complexity index is 631. The zero-order valence-electron chi connectivity index (χ0n) is 13.1. The zero-order chi connectivity index (χ0) is 16.2. The number of rotatable bonds is 5. The number of nitrogens with zero attached hydrogens (tertiary/aromatic N) is 2. The normalized spacial score (nSPS) is 19.8.